The number of carbonyl (C=O) groups excluding carboxylic acids is 2. The number of nitrogen functional groups attached to an aromatic ring is 1. The van der Waals surface area contributed by atoms with Gasteiger partial charge in [-0.3, -0.25) is 9.78 Å². The third kappa shape index (κ3) is 6.50. The normalized spacial score (nSPS) is 11.8. The minimum Gasteiger partial charge on any atom is -0.396 e. The van der Waals surface area contributed by atoms with Gasteiger partial charge in [-0.1, -0.05) is 6.07 Å². The van der Waals surface area contributed by atoms with Crippen molar-refractivity contribution < 1.29 is 14.0 Å². The van der Waals surface area contributed by atoms with E-state index in [0.717, 1.165) is 12.1 Å². The van der Waals surface area contributed by atoms with E-state index in [1.165, 1.54) is 35.6 Å². The van der Waals surface area contributed by atoms with Crippen molar-refractivity contribution in [3.05, 3.63) is 70.4 Å². The van der Waals surface area contributed by atoms with Crippen molar-refractivity contribution in [3.63, 3.8) is 0 Å². The van der Waals surface area contributed by atoms with E-state index in [-0.39, 0.29) is 23.5 Å². The molecule has 0 radical (unpaired) electrons. The zero-order chi connectivity index (χ0) is 23.1. The summed E-state index contributed by atoms with van der Waals surface area (Å²) in [6, 6.07) is 8.13. The molecule has 0 aliphatic rings. The standard InChI is InChI=1S/C22H25FN6O2S/c1-29(2)10-9-18(28-22(31)26-16-6-4-15(23)5-7-16)14-3-8-19(25-11-14)21(30)27-20-13-32-12-17(20)24/h3-8,11-13,18H,9-10,24H2,1-2H3,(H,27,30)(H2,26,28,31). The number of aromatic nitrogens is 1. The molecule has 0 saturated heterocycles. The predicted molar refractivity (Wildman–Crippen MR) is 125 cm³/mol. The molecule has 1 aromatic carbocycles. The number of anilines is 3. The van der Waals surface area contributed by atoms with E-state index in [4.69, 9.17) is 5.73 Å². The second kappa shape index (κ2) is 10.7. The summed E-state index contributed by atoms with van der Waals surface area (Å²) in [5.74, 6) is -0.745. The van der Waals surface area contributed by atoms with E-state index in [9.17, 15) is 14.0 Å². The van der Waals surface area contributed by atoms with E-state index < -0.39 is 6.03 Å². The van der Waals surface area contributed by atoms with Crippen molar-refractivity contribution in [2.24, 2.45) is 0 Å². The average molecular weight is 457 g/mol. The number of halogens is 1. The lowest BCUT2D eigenvalue weighted by Crippen LogP contribution is -2.34. The van der Waals surface area contributed by atoms with Crippen molar-refractivity contribution >= 4 is 40.3 Å². The van der Waals surface area contributed by atoms with Crippen LogP contribution >= 0.6 is 11.3 Å². The zero-order valence-electron chi connectivity index (χ0n) is 17.8. The first-order valence-corrected chi connectivity index (χ1v) is 10.8. The molecule has 0 bridgehead atoms. The molecule has 10 heteroatoms. The smallest absolute Gasteiger partial charge is 0.319 e. The Labute approximate surface area is 189 Å². The maximum atomic E-state index is 13.1. The maximum absolute atomic E-state index is 13.1. The van der Waals surface area contributed by atoms with Crippen LogP contribution in [-0.2, 0) is 0 Å². The molecule has 2 heterocycles. The quantitative estimate of drug-likeness (QED) is 0.410. The molecule has 3 amide bonds. The highest BCUT2D eigenvalue weighted by atomic mass is 32.1. The number of rotatable bonds is 8. The largest absolute Gasteiger partial charge is 0.396 e. The predicted octanol–water partition coefficient (Wildman–Crippen LogP) is 3.93. The molecule has 1 atom stereocenters. The molecule has 0 aliphatic heterocycles. The molecule has 8 nitrogen and oxygen atoms in total. The summed E-state index contributed by atoms with van der Waals surface area (Å²) in [5.41, 5.74) is 8.33. The summed E-state index contributed by atoms with van der Waals surface area (Å²) >= 11 is 1.40. The summed E-state index contributed by atoms with van der Waals surface area (Å²) in [7, 11) is 3.88. The minimum absolute atomic E-state index is 0.237. The van der Waals surface area contributed by atoms with Crippen molar-refractivity contribution in [1.29, 1.82) is 0 Å². The van der Waals surface area contributed by atoms with Crippen LogP contribution in [0.3, 0.4) is 0 Å². The van der Waals surface area contributed by atoms with Gasteiger partial charge in [-0.15, -0.1) is 11.3 Å². The molecule has 168 valence electrons. The molecule has 0 spiro atoms. The molecular formula is C22H25FN6O2S. The Morgan fingerprint density at radius 1 is 1.12 bits per heavy atom. The summed E-state index contributed by atoms with van der Waals surface area (Å²) < 4.78 is 13.1. The summed E-state index contributed by atoms with van der Waals surface area (Å²) in [6.07, 6.45) is 2.20. The number of carbonyl (C=O) groups is 2. The molecular weight excluding hydrogens is 431 g/mol. The monoisotopic (exact) mass is 456 g/mol. The Morgan fingerprint density at radius 3 is 2.47 bits per heavy atom. The van der Waals surface area contributed by atoms with Gasteiger partial charge < -0.3 is 26.6 Å². The van der Waals surface area contributed by atoms with Gasteiger partial charge >= 0.3 is 6.03 Å². The van der Waals surface area contributed by atoms with Gasteiger partial charge in [-0.05, 0) is 63.0 Å². The Morgan fingerprint density at radius 2 is 1.88 bits per heavy atom. The first-order chi connectivity index (χ1) is 15.3. The van der Waals surface area contributed by atoms with Crippen LogP contribution in [0.1, 0.15) is 28.5 Å². The van der Waals surface area contributed by atoms with Gasteiger partial charge in [0.25, 0.3) is 5.91 Å². The molecule has 1 unspecified atom stereocenters. The Kier molecular flexibility index (Phi) is 7.74. The number of nitrogens with zero attached hydrogens (tertiary/aromatic N) is 2. The van der Waals surface area contributed by atoms with Gasteiger partial charge in [0.2, 0.25) is 0 Å². The van der Waals surface area contributed by atoms with E-state index in [0.29, 0.717) is 23.5 Å². The lowest BCUT2D eigenvalue weighted by molar-refractivity contribution is 0.102. The molecule has 3 rings (SSSR count). The number of benzene rings is 1. The molecule has 3 aromatic rings. The van der Waals surface area contributed by atoms with E-state index in [1.54, 1.807) is 29.1 Å². The first kappa shape index (κ1) is 23.2. The minimum atomic E-state index is -0.421. The summed E-state index contributed by atoms with van der Waals surface area (Å²) in [4.78, 5) is 31.2. The van der Waals surface area contributed by atoms with Crippen LogP contribution in [0.2, 0.25) is 0 Å². The number of hydrogen-bond donors (Lipinski definition) is 4. The van der Waals surface area contributed by atoms with Crippen LogP contribution < -0.4 is 21.7 Å². The molecule has 2 aromatic heterocycles. The Bertz CT molecular complexity index is 1050. The molecule has 0 fully saturated rings. The highest BCUT2D eigenvalue weighted by Crippen LogP contribution is 2.23. The highest BCUT2D eigenvalue weighted by Gasteiger charge is 2.17. The number of amides is 3. The van der Waals surface area contributed by atoms with Gasteiger partial charge in [-0.2, -0.15) is 0 Å². The Hall–Kier alpha value is -3.50. The fourth-order valence-electron chi connectivity index (χ4n) is 2.91. The first-order valence-electron chi connectivity index (χ1n) is 9.88. The van der Waals surface area contributed by atoms with E-state index in [2.05, 4.69) is 20.9 Å². The maximum Gasteiger partial charge on any atom is 0.319 e. The van der Waals surface area contributed by atoms with Crippen LogP contribution in [0.4, 0.5) is 26.2 Å². The summed E-state index contributed by atoms with van der Waals surface area (Å²) in [5, 5.41) is 11.8. The third-order valence-electron chi connectivity index (χ3n) is 4.63. The van der Waals surface area contributed by atoms with Gasteiger partial charge in [-0.25, -0.2) is 9.18 Å². The fourth-order valence-corrected chi connectivity index (χ4v) is 3.58. The number of hydrogen-bond acceptors (Lipinski definition) is 6. The second-order valence-electron chi connectivity index (χ2n) is 7.42. The lowest BCUT2D eigenvalue weighted by atomic mass is 10.1. The third-order valence-corrected chi connectivity index (χ3v) is 5.40. The van der Waals surface area contributed by atoms with E-state index >= 15 is 0 Å². The zero-order valence-corrected chi connectivity index (χ0v) is 18.6. The van der Waals surface area contributed by atoms with Gasteiger partial charge in [0, 0.05) is 22.6 Å². The Balaban J connectivity index is 1.68. The second-order valence-corrected chi connectivity index (χ2v) is 8.17. The number of pyridine rings is 1. The number of thiophene rings is 1. The summed E-state index contributed by atoms with van der Waals surface area (Å²) in [6.45, 7) is 0.723. The molecule has 0 aliphatic carbocycles. The van der Waals surface area contributed by atoms with E-state index in [1.807, 2.05) is 19.0 Å². The highest BCUT2D eigenvalue weighted by molar-refractivity contribution is 7.09. The van der Waals surface area contributed by atoms with Crippen LogP contribution in [-0.4, -0.2) is 42.5 Å². The van der Waals surface area contributed by atoms with Gasteiger partial charge in [0.1, 0.15) is 11.5 Å². The topological polar surface area (TPSA) is 112 Å². The number of nitrogens with one attached hydrogen (secondary N) is 3. The van der Waals surface area contributed by atoms with Gasteiger partial charge in [0.05, 0.1) is 17.4 Å². The average Bonchev–Trinajstić information content (AvgIpc) is 3.17. The molecule has 0 saturated carbocycles. The van der Waals surface area contributed by atoms with Crippen LogP contribution in [0.25, 0.3) is 0 Å². The molecule has 32 heavy (non-hydrogen) atoms. The number of urea groups is 1. The molecule has 5 N–H and O–H groups in total. The van der Waals surface area contributed by atoms with Crippen molar-refractivity contribution in [1.82, 2.24) is 15.2 Å². The van der Waals surface area contributed by atoms with Crippen molar-refractivity contribution in [2.45, 2.75) is 12.5 Å². The van der Waals surface area contributed by atoms with Crippen molar-refractivity contribution in [3.8, 4) is 0 Å². The fraction of sp³-hybridized carbons (Fsp3) is 0.227. The van der Waals surface area contributed by atoms with Crippen LogP contribution in [0, 0.1) is 5.82 Å². The SMILES string of the molecule is CN(C)CCC(NC(=O)Nc1ccc(F)cc1)c1ccc(C(=O)Nc2cscc2N)nc1. The van der Waals surface area contributed by atoms with Crippen LogP contribution in [0.5, 0.6) is 0 Å². The van der Waals surface area contributed by atoms with Crippen LogP contribution in [0.15, 0.2) is 53.4 Å². The van der Waals surface area contributed by atoms with Crippen molar-refractivity contribution in [2.75, 3.05) is 37.0 Å². The number of nitrogens with two attached hydrogens (primary N) is 1. The van der Waals surface area contributed by atoms with Gasteiger partial charge in [0.15, 0.2) is 0 Å². The lowest BCUT2D eigenvalue weighted by Gasteiger charge is -2.21.